The van der Waals surface area contributed by atoms with E-state index in [9.17, 15) is 4.79 Å². The molecule has 0 N–H and O–H groups in total. The zero-order valence-electron chi connectivity index (χ0n) is 15.8. The number of hydrogen-bond donors (Lipinski definition) is 0. The maximum atomic E-state index is 13.3. The van der Waals surface area contributed by atoms with Gasteiger partial charge in [0.2, 0.25) is 5.91 Å². The maximum Gasteiger partial charge on any atom is 0.243 e. The highest BCUT2D eigenvalue weighted by molar-refractivity contribution is 7.09. The van der Waals surface area contributed by atoms with Crippen molar-refractivity contribution in [1.82, 2.24) is 19.7 Å². The topological polar surface area (TPSA) is 39.7 Å². The highest BCUT2D eigenvalue weighted by Gasteiger charge is 2.58. The van der Waals surface area contributed by atoms with E-state index >= 15 is 0 Å². The summed E-state index contributed by atoms with van der Waals surface area (Å²) in [6.07, 6.45) is 10.1. The molecule has 4 aliphatic rings. The van der Waals surface area contributed by atoms with Crippen LogP contribution in [0.3, 0.4) is 0 Å². The Morgan fingerprint density at radius 2 is 1.96 bits per heavy atom. The van der Waals surface area contributed by atoms with E-state index < -0.39 is 0 Å². The molecule has 1 atom stereocenters. The first-order chi connectivity index (χ1) is 12.6. The van der Waals surface area contributed by atoms with Gasteiger partial charge in [-0.2, -0.15) is 0 Å². The molecule has 1 aliphatic carbocycles. The molecule has 0 aromatic carbocycles. The van der Waals surface area contributed by atoms with Crippen LogP contribution in [0.2, 0.25) is 0 Å². The summed E-state index contributed by atoms with van der Waals surface area (Å²) in [4.78, 5) is 24.9. The molecule has 3 saturated heterocycles. The van der Waals surface area contributed by atoms with Crippen molar-refractivity contribution in [2.75, 3.05) is 33.2 Å². The largest absolute Gasteiger partial charge is 0.341 e. The number of carbonyl (C=O) groups is 1. The number of piperidine rings is 1. The van der Waals surface area contributed by atoms with Crippen LogP contribution in [0, 0.1) is 5.41 Å². The predicted molar refractivity (Wildman–Crippen MR) is 103 cm³/mol. The minimum absolute atomic E-state index is 0.116. The number of rotatable bonds is 4. The number of fused-ring (bicyclic) bond motifs is 1. The van der Waals surface area contributed by atoms with Gasteiger partial charge in [0.1, 0.15) is 10.5 Å². The normalized spacial score (nSPS) is 29.5. The number of aromatic nitrogens is 1. The Balaban J connectivity index is 1.19. The van der Waals surface area contributed by atoms with Gasteiger partial charge in [-0.25, -0.2) is 4.98 Å². The lowest BCUT2D eigenvalue weighted by molar-refractivity contribution is -0.143. The first kappa shape index (κ1) is 17.1. The molecular weight excluding hydrogens is 344 g/mol. The lowest BCUT2D eigenvalue weighted by Crippen LogP contribution is -2.55. The van der Waals surface area contributed by atoms with Crippen LogP contribution in [0.5, 0.6) is 0 Å². The molecule has 5 rings (SSSR count). The van der Waals surface area contributed by atoms with E-state index in [0.717, 1.165) is 45.6 Å². The van der Waals surface area contributed by atoms with Crippen molar-refractivity contribution in [3.8, 4) is 0 Å². The number of carbonyl (C=O) groups excluding carboxylic acids is 1. The molecule has 0 radical (unpaired) electrons. The van der Waals surface area contributed by atoms with Crippen LogP contribution in [-0.2, 0) is 11.3 Å². The molecule has 142 valence electrons. The summed E-state index contributed by atoms with van der Waals surface area (Å²) in [6, 6.07) is 0.677. The molecule has 4 fully saturated rings. The summed E-state index contributed by atoms with van der Waals surface area (Å²) in [5, 5.41) is 3.27. The minimum Gasteiger partial charge on any atom is -0.341 e. The van der Waals surface area contributed by atoms with E-state index in [1.165, 1.54) is 37.1 Å². The van der Waals surface area contributed by atoms with Crippen LogP contribution in [0.1, 0.15) is 50.0 Å². The average Bonchev–Trinajstić information content (AvgIpc) is 3.07. The third-order valence-electron chi connectivity index (χ3n) is 7.63. The van der Waals surface area contributed by atoms with Crippen molar-refractivity contribution in [3.05, 3.63) is 16.6 Å². The fourth-order valence-corrected chi connectivity index (χ4v) is 6.72. The monoisotopic (exact) mass is 374 g/mol. The van der Waals surface area contributed by atoms with E-state index in [2.05, 4.69) is 32.1 Å². The second-order valence-electron chi connectivity index (χ2n) is 8.94. The van der Waals surface area contributed by atoms with Gasteiger partial charge in [-0.1, -0.05) is 0 Å². The molecule has 1 amide bonds. The molecule has 5 nitrogen and oxygen atoms in total. The van der Waals surface area contributed by atoms with Gasteiger partial charge in [0.25, 0.3) is 0 Å². The summed E-state index contributed by atoms with van der Waals surface area (Å²) in [7, 11) is 2.24. The maximum absolute atomic E-state index is 13.3. The lowest BCUT2D eigenvalue weighted by atomic mass is 9.88. The number of nitrogens with zero attached hydrogens (tertiary/aromatic N) is 4. The molecule has 1 saturated carbocycles. The Labute approximate surface area is 160 Å². The molecular formula is C20H30N4OS. The fourth-order valence-electron chi connectivity index (χ4n) is 6.05. The van der Waals surface area contributed by atoms with Crippen LogP contribution >= 0.6 is 11.3 Å². The number of thiazole rings is 1. The zero-order valence-corrected chi connectivity index (χ0v) is 16.6. The Morgan fingerprint density at radius 1 is 1.23 bits per heavy atom. The Morgan fingerprint density at radius 3 is 2.62 bits per heavy atom. The van der Waals surface area contributed by atoms with Gasteiger partial charge in [-0.15, -0.1) is 11.3 Å². The summed E-state index contributed by atoms with van der Waals surface area (Å²) in [6.45, 7) is 5.16. The van der Waals surface area contributed by atoms with Gasteiger partial charge in [-0.05, 0) is 70.5 Å². The van der Waals surface area contributed by atoms with Gasteiger partial charge in [0.15, 0.2) is 0 Å². The molecule has 0 bridgehead atoms. The third-order valence-corrected chi connectivity index (χ3v) is 8.40. The van der Waals surface area contributed by atoms with Crippen LogP contribution in [0.15, 0.2) is 11.6 Å². The van der Waals surface area contributed by atoms with Crippen LogP contribution in [0.4, 0.5) is 0 Å². The van der Waals surface area contributed by atoms with Crippen molar-refractivity contribution < 1.29 is 4.79 Å². The van der Waals surface area contributed by atoms with E-state index in [1.807, 2.05) is 6.20 Å². The highest BCUT2D eigenvalue weighted by atomic mass is 32.1. The standard InChI is InChI=1S/C20H30N4OS/c1-22(15-17-21-8-13-26-17)16-14-19(16)6-11-23(12-7-19)18(25)20-4-2-9-24(20)10-3-5-20/h8,13,16H,2-7,9-12,14-15H2,1H3/t16-/m1/s1. The number of amides is 1. The van der Waals surface area contributed by atoms with Gasteiger partial charge in [0.05, 0.1) is 6.54 Å². The molecule has 0 unspecified atom stereocenters. The Kier molecular flexibility index (Phi) is 4.14. The number of likely N-dealkylation sites (tertiary alicyclic amines) is 1. The minimum atomic E-state index is -0.116. The SMILES string of the molecule is CN(Cc1nccs1)[C@@H]1CC12CCN(C(=O)C13CCCN1CCC3)CC2. The van der Waals surface area contributed by atoms with Crippen molar-refractivity contribution in [2.24, 2.45) is 5.41 Å². The first-order valence-electron chi connectivity index (χ1n) is 10.3. The first-order valence-corrected chi connectivity index (χ1v) is 11.1. The summed E-state index contributed by atoms with van der Waals surface area (Å²) in [5.41, 5.74) is 0.348. The van der Waals surface area contributed by atoms with Crippen LogP contribution < -0.4 is 0 Å². The highest BCUT2D eigenvalue weighted by Crippen LogP contribution is 2.57. The average molecular weight is 375 g/mol. The smallest absolute Gasteiger partial charge is 0.243 e. The van der Waals surface area contributed by atoms with Crippen molar-refractivity contribution in [1.29, 1.82) is 0 Å². The summed E-state index contributed by atoms with van der Waals surface area (Å²) < 4.78 is 0. The van der Waals surface area contributed by atoms with E-state index in [-0.39, 0.29) is 5.54 Å². The summed E-state index contributed by atoms with van der Waals surface area (Å²) in [5.74, 6) is 0.454. The zero-order chi connectivity index (χ0) is 17.8. The van der Waals surface area contributed by atoms with Crippen LogP contribution in [0.25, 0.3) is 0 Å². The molecule has 1 aromatic heterocycles. The fraction of sp³-hybridized carbons (Fsp3) is 0.800. The summed E-state index contributed by atoms with van der Waals surface area (Å²) >= 11 is 1.75. The molecule has 26 heavy (non-hydrogen) atoms. The lowest BCUT2D eigenvalue weighted by Gasteiger charge is -2.40. The van der Waals surface area contributed by atoms with Crippen molar-refractivity contribution >= 4 is 17.2 Å². The molecule has 1 spiro atoms. The van der Waals surface area contributed by atoms with Gasteiger partial charge < -0.3 is 4.90 Å². The Bertz CT molecular complexity index is 657. The predicted octanol–water partition coefficient (Wildman–Crippen LogP) is 2.58. The van der Waals surface area contributed by atoms with E-state index in [0.29, 0.717) is 17.4 Å². The van der Waals surface area contributed by atoms with Gasteiger partial charge in [0, 0.05) is 30.7 Å². The molecule has 6 heteroatoms. The van der Waals surface area contributed by atoms with Crippen molar-refractivity contribution in [3.63, 3.8) is 0 Å². The van der Waals surface area contributed by atoms with Gasteiger partial charge in [-0.3, -0.25) is 14.6 Å². The van der Waals surface area contributed by atoms with Crippen LogP contribution in [-0.4, -0.2) is 70.4 Å². The molecule has 1 aromatic rings. The second kappa shape index (κ2) is 6.28. The van der Waals surface area contributed by atoms with Crippen molar-refractivity contribution in [2.45, 2.75) is 63.1 Å². The number of hydrogen-bond acceptors (Lipinski definition) is 5. The van der Waals surface area contributed by atoms with E-state index in [1.54, 1.807) is 11.3 Å². The van der Waals surface area contributed by atoms with Gasteiger partial charge >= 0.3 is 0 Å². The van der Waals surface area contributed by atoms with E-state index in [4.69, 9.17) is 0 Å². The second-order valence-corrected chi connectivity index (χ2v) is 9.92. The third kappa shape index (κ3) is 2.64. The molecule has 4 heterocycles. The quantitative estimate of drug-likeness (QED) is 0.812. The Hall–Kier alpha value is -0.980. The molecule has 3 aliphatic heterocycles.